The van der Waals surface area contributed by atoms with E-state index in [0.29, 0.717) is 29.6 Å². The third-order valence-electron chi connectivity index (χ3n) is 18.4. The summed E-state index contributed by atoms with van der Waals surface area (Å²) < 4.78 is 26.4. The molecule has 1 aliphatic rings. The van der Waals surface area contributed by atoms with Gasteiger partial charge in [0.25, 0.3) is 0 Å². The van der Waals surface area contributed by atoms with Gasteiger partial charge in [-0.15, -0.1) is 22.7 Å². The number of Topliss-reactive ketones (excluding diaryl/α,β-unsaturated/α-hetero) is 1. The lowest BCUT2D eigenvalue weighted by Crippen LogP contribution is -2.08. The maximum atomic E-state index is 13.3. The number of ketones is 1. The van der Waals surface area contributed by atoms with Crippen LogP contribution in [0.15, 0.2) is 212 Å². The van der Waals surface area contributed by atoms with Gasteiger partial charge in [-0.2, -0.15) is 0 Å². The Bertz CT molecular complexity index is 6360. The van der Waals surface area contributed by atoms with Crippen LogP contribution >= 0.6 is 45.9 Å². The summed E-state index contributed by atoms with van der Waals surface area (Å²) in [5.41, 5.74) is 15.4. The van der Waals surface area contributed by atoms with Crippen molar-refractivity contribution in [3.8, 4) is 11.5 Å². The van der Waals surface area contributed by atoms with Crippen molar-refractivity contribution in [1.82, 2.24) is 69.8 Å². The van der Waals surface area contributed by atoms with E-state index >= 15 is 0 Å². The second-order valence-corrected chi connectivity index (χ2v) is 31.5. The summed E-state index contributed by atoms with van der Waals surface area (Å²) in [7, 11) is 4.05. The van der Waals surface area contributed by atoms with Gasteiger partial charge in [0.15, 0.2) is 17.3 Å². The minimum absolute atomic E-state index is 0.103. The molecule has 0 radical (unpaired) electrons. The second-order valence-electron chi connectivity index (χ2n) is 28.8. The van der Waals surface area contributed by atoms with Crippen molar-refractivity contribution in [3.05, 3.63) is 313 Å². The standard InChI is InChI=1S/C15H17N3O.C14H18N4.2C14H13N3S.C13H13N3O2.C12H11ClFN3.C12H12ClN3/c1-4-14(19)12-6-5-7-13(8-12)18-15-10(2)9-16-11(3)17-15;1-10-9-15-11(2)16-14(10)17-12-6-5-7-13(8-12)18(3)4;1-9-8-15-10(2)16-14(9)17-12-3-4-13-11(7-12)5-6-18-13;1-9-7-15-10(2)16-14(9)17-12-8-18-13-6-4-3-5-11(12)13;1-8-6-14-9(2)15-13(8)16-10-3-4-11-12(5-10)18-7-17-11;1-7-6-15-8(2)16-12(7)17-9-3-4-10(13)11(14)5-9;1-8-7-14-9(2)15-12(8)16-11-5-3-10(13)4-6-11/h5-9H,4H2,1-3H3,(H,16,17,18);5-9H,1-4H3,(H,15,16,17);2*3-8H,1-2H3,(H,15,16,17);3-6H,7H2,1-2H3,(H,14,15,16);3-6H,1-2H3,(H,15,16,17);3-7H,1-2H3,(H,14,15,16). The molecule has 634 valence electrons. The summed E-state index contributed by atoms with van der Waals surface area (Å²) in [6.45, 7) is 29.0. The number of carbonyl (C=O) groups is 1. The number of nitrogens with zero attached hydrogens (tertiary/aromatic N) is 15. The molecule has 1 aliphatic heterocycles. The Kier molecular flexibility index (Phi) is 32.0. The van der Waals surface area contributed by atoms with Crippen molar-refractivity contribution in [2.24, 2.45) is 0 Å². The number of thiophene rings is 2. The second kappa shape index (κ2) is 43.6. The maximum Gasteiger partial charge on any atom is 0.231 e. The zero-order valence-corrected chi connectivity index (χ0v) is 75.1. The van der Waals surface area contributed by atoms with Gasteiger partial charge in [-0.25, -0.2) is 74.2 Å². The monoisotopic (exact) mass is 1730 g/mol. The van der Waals surface area contributed by atoms with Crippen LogP contribution in [0.3, 0.4) is 0 Å². The average Bonchev–Trinajstić information content (AvgIpc) is 1.71. The lowest BCUT2D eigenvalue weighted by atomic mass is 10.1. The number of halogens is 3. The minimum Gasteiger partial charge on any atom is -0.454 e. The van der Waals surface area contributed by atoms with E-state index in [1.54, 1.807) is 60.5 Å². The van der Waals surface area contributed by atoms with Crippen molar-refractivity contribution in [3.63, 3.8) is 0 Å². The molecule has 30 heteroatoms. The fourth-order valence-electron chi connectivity index (χ4n) is 11.6. The van der Waals surface area contributed by atoms with Gasteiger partial charge in [-0.1, -0.05) is 66.5 Å². The zero-order valence-electron chi connectivity index (χ0n) is 72.0. The molecule has 0 unspecified atom stereocenters. The Morgan fingerprint density at radius 1 is 0.395 bits per heavy atom. The van der Waals surface area contributed by atoms with E-state index in [-0.39, 0.29) is 17.6 Å². The Labute approximate surface area is 739 Å². The molecule has 7 aromatic carbocycles. The van der Waals surface area contributed by atoms with E-state index in [4.69, 9.17) is 32.7 Å². The molecule has 0 spiro atoms. The van der Waals surface area contributed by atoms with Gasteiger partial charge in [-0.3, -0.25) is 4.79 Å². The fraction of sp³-hybridized carbons (Fsp3) is 0.202. The first-order valence-electron chi connectivity index (χ1n) is 39.5. The van der Waals surface area contributed by atoms with E-state index < -0.39 is 5.82 Å². The number of hydrogen-bond donors (Lipinski definition) is 7. The zero-order chi connectivity index (χ0) is 88.5. The number of aryl methyl sites for hydroxylation is 14. The first kappa shape index (κ1) is 91.0. The third kappa shape index (κ3) is 26.6. The van der Waals surface area contributed by atoms with Gasteiger partial charge in [0.2, 0.25) is 6.79 Å². The van der Waals surface area contributed by atoms with E-state index in [1.165, 1.54) is 32.3 Å². The Morgan fingerprint density at radius 3 is 1.26 bits per heavy atom. The van der Waals surface area contributed by atoms with Gasteiger partial charge in [-0.05, 0) is 223 Å². The summed E-state index contributed by atoms with van der Waals surface area (Å²) in [4.78, 5) is 73.3. The number of hydrogen-bond acceptors (Lipinski definition) is 27. The van der Waals surface area contributed by atoms with Crippen molar-refractivity contribution >= 4 is 158 Å². The molecular formula is C94H97Cl2FN22O3S2. The number of benzene rings is 7. The molecule has 0 bridgehead atoms. The molecule has 124 heavy (non-hydrogen) atoms. The number of nitrogens with one attached hydrogen (secondary N) is 7. The molecule has 0 fully saturated rings. The molecule has 10 heterocycles. The number of anilines is 15. The van der Waals surface area contributed by atoms with Crippen LogP contribution in [-0.4, -0.2) is 96.4 Å². The number of ether oxygens (including phenoxy) is 2. The van der Waals surface area contributed by atoms with E-state index in [0.717, 1.165) is 165 Å². The predicted octanol–water partition coefficient (Wildman–Crippen LogP) is 24.1. The van der Waals surface area contributed by atoms with Gasteiger partial charge in [0.05, 0.1) is 10.7 Å². The molecule has 0 aliphatic carbocycles. The van der Waals surface area contributed by atoms with E-state index in [9.17, 15) is 9.18 Å². The highest BCUT2D eigenvalue weighted by Crippen LogP contribution is 2.37. The highest BCUT2D eigenvalue weighted by Gasteiger charge is 2.16. The van der Waals surface area contributed by atoms with Crippen LogP contribution < -0.4 is 51.6 Å². The molecule has 9 aromatic heterocycles. The van der Waals surface area contributed by atoms with Crippen LogP contribution in [0, 0.1) is 103 Å². The van der Waals surface area contributed by atoms with Crippen LogP contribution in [-0.2, 0) is 0 Å². The number of rotatable bonds is 17. The molecule has 17 rings (SSSR count). The van der Waals surface area contributed by atoms with Gasteiger partial charge >= 0.3 is 0 Å². The molecule has 16 aromatic rings. The van der Waals surface area contributed by atoms with Crippen molar-refractivity contribution in [2.75, 3.05) is 63.0 Å². The van der Waals surface area contributed by atoms with Crippen LogP contribution in [0.4, 0.5) is 90.6 Å². The number of aromatic nitrogens is 14. The third-order valence-corrected chi connectivity index (χ3v) is 20.8. The molecule has 0 saturated carbocycles. The first-order chi connectivity index (χ1) is 59.5. The lowest BCUT2D eigenvalue weighted by molar-refractivity contribution is 0.0988. The highest BCUT2D eigenvalue weighted by molar-refractivity contribution is 7.18. The summed E-state index contributed by atoms with van der Waals surface area (Å²) in [5.74, 6) is 12.1. The summed E-state index contributed by atoms with van der Waals surface area (Å²) in [5, 5.41) is 30.4. The largest absolute Gasteiger partial charge is 0.454 e. The SMILES string of the molecule is CCC(=O)c1cccc(Nc2nc(C)ncc2C)c1.Cc1ncc(C)c(Nc2ccc(Cl)c(F)c2)n1.Cc1ncc(C)c(Nc2ccc(Cl)cc2)n1.Cc1ncc(C)c(Nc2ccc3c(c2)OCO3)n1.Cc1ncc(C)c(Nc2ccc3sccc3c2)n1.Cc1ncc(C)c(Nc2cccc(N(C)C)c2)n1.Cc1ncc(C)c(Nc2csc3ccccc23)n1. The van der Waals surface area contributed by atoms with Gasteiger partial charge < -0.3 is 51.6 Å². The lowest BCUT2D eigenvalue weighted by Gasteiger charge is -2.15. The summed E-state index contributed by atoms with van der Waals surface area (Å²) >= 11 is 14.9. The molecule has 7 N–H and O–H groups in total. The predicted molar refractivity (Wildman–Crippen MR) is 504 cm³/mol. The van der Waals surface area contributed by atoms with Crippen LogP contribution in [0.1, 0.15) is 103 Å². The van der Waals surface area contributed by atoms with Crippen molar-refractivity contribution in [1.29, 1.82) is 0 Å². The number of fused-ring (bicyclic) bond motifs is 3. The smallest absolute Gasteiger partial charge is 0.231 e. The average molecular weight is 1740 g/mol. The van der Waals surface area contributed by atoms with E-state index in [2.05, 4.69) is 183 Å². The molecule has 25 nitrogen and oxygen atoms in total. The maximum absolute atomic E-state index is 13.3. The normalized spacial score (nSPS) is 10.7. The quantitative estimate of drug-likeness (QED) is 0.0417. The molecule has 0 amide bonds. The molecule has 0 atom stereocenters. The van der Waals surface area contributed by atoms with Crippen molar-refractivity contribution in [2.45, 2.75) is 110 Å². The van der Waals surface area contributed by atoms with Gasteiger partial charge in [0, 0.05) is 179 Å². The van der Waals surface area contributed by atoms with Crippen molar-refractivity contribution < 1.29 is 18.7 Å². The Balaban J connectivity index is 0.000000141. The molecule has 0 saturated heterocycles. The fourth-order valence-corrected chi connectivity index (χ4v) is 13.5. The summed E-state index contributed by atoms with van der Waals surface area (Å²) in [6, 6.07) is 50.3. The minimum atomic E-state index is -0.458. The molecular weight excluding hydrogens is 1640 g/mol. The summed E-state index contributed by atoms with van der Waals surface area (Å²) in [6.07, 6.45) is 13.1. The first-order valence-corrected chi connectivity index (χ1v) is 42.0. The highest BCUT2D eigenvalue weighted by atomic mass is 35.5. The van der Waals surface area contributed by atoms with Crippen LogP contribution in [0.2, 0.25) is 10.0 Å². The Hall–Kier alpha value is -13.8. The number of carbonyl (C=O) groups excluding carboxylic acids is 1. The van der Waals surface area contributed by atoms with E-state index in [1.807, 2.05) is 208 Å². The Morgan fingerprint density at radius 2 is 0.790 bits per heavy atom. The topological polar surface area (TPSA) is 303 Å². The van der Waals surface area contributed by atoms with Crippen LogP contribution in [0.5, 0.6) is 11.5 Å². The van der Waals surface area contributed by atoms with Gasteiger partial charge in [0.1, 0.15) is 87.3 Å². The van der Waals surface area contributed by atoms with Crippen LogP contribution in [0.25, 0.3) is 20.2 Å².